The summed E-state index contributed by atoms with van der Waals surface area (Å²) in [4.78, 5) is 38.0. The van der Waals surface area contributed by atoms with Crippen LogP contribution in [-0.2, 0) is 9.53 Å². The molecular formula is C19H34N4O4. The first-order chi connectivity index (χ1) is 12.3. The van der Waals surface area contributed by atoms with Crippen LogP contribution in [0.2, 0.25) is 0 Å². The maximum absolute atomic E-state index is 12.2. The van der Waals surface area contributed by atoms with E-state index in [1.807, 2.05) is 0 Å². The molecule has 3 N–H and O–H groups in total. The maximum atomic E-state index is 12.2. The molecule has 0 saturated heterocycles. The predicted octanol–water partition coefficient (Wildman–Crippen LogP) is 2.73. The molecular weight excluding hydrogens is 348 g/mol. The Labute approximate surface area is 161 Å². The van der Waals surface area contributed by atoms with Gasteiger partial charge in [0, 0.05) is 19.1 Å². The first-order valence-electron chi connectivity index (χ1n) is 9.39. The zero-order valence-corrected chi connectivity index (χ0v) is 17.4. The van der Waals surface area contributed by atoms with Crippen molar-refractivity contribution in [3.05, 3.63) is 0 Å². The number of ether oxygens (including phenoxy) is 1. The number of isocyanates is 1. The fourth-order valence-corrected chi connectivity index (χ4v) is 3.97. The van der Waals surface area contributed by atoms with Crippen LogP contribution in [0.1, 0.15) is 60.8 Å². The number of carbonyl (C=O) groups excluding carboxylic acids is 3. The van der Waals surface area contributed by atoms with Crippen LogP contribution in [0.15, 0.2) is 4.99 Å². The summed E-state index contributed by atoms with van der Waals surface area (Å²) < 4.78 is 5.13. The molecule has 0 bridgehead atoms. The van der Waals surface area contributed by atoms with Gasteiger partial charge >= 0.3 is 12.1 Å². The summed E-state index contributed by atoms with van der Waals surface area (Å²) in [5.41, 5.74) is -0.653. The van der Waals surface area contributed by atoms with Crippen molar-refractivity contribution in [2.24, 2.45) is 15.8 Å². The average molecular weight is 383 g/mol. The van der Waals surface area contributed by atoms with Crippen LogP contribution in [0.4, 0.5) is 9.59 Å². The van der Waals surface area contributed by atoms with Gasteiger partial charge in [-0.3, -0.25) is 0 Å². The standard InChI is InChI=1S/C19H34N4O4/c1-17(2,3)27-16(26)22-8-7-21-15(25)23-14-9-18(4,5)11-19(6,10-14)12-20-13-24/h14H,7-12H2,1-6H3,(H,22,26)(H2,21,23,25). The second-order valence-corrected chi connectivity index (χ2v) is 9.49. The van der Waals surface area contributed by atoms with Gasteiger partial charge in [-0.15, -0.1) is 0 Å². The van der Waals surface area contributed by atoms with Crippen molar-refractivity contribution >= 4 is 18.2 Å². The Bertz CT molecular complexity index is 579. The minimum atomic E-state index is -0.552. The zero-order chi connectivity index (χ0) is 20.7. The lowest BCUT2D eigenvalue weighted by Gasteiger charge is -2.46. The van der Waals surface area contributed by atoms with E-state index < -0.39 is 11.7 Å². The van der Waals surface area contributed by atoms with Crippen molar-refractivity contribution in [3.8, 4) is 0 Å². The van der Waals surface area contributed by atoms with Gasteiger partial charge in [-0.05, 0) is 50.9 Å². The molecule has 3 amide bonds. The topological polar surface area (TPSA) is 109 Å². The van der Waals surface area contributed by atoms with Crippen molar-refractivity contribution in [3.63, 3.8) is 0 Å². The van der Waals surface area contributed by atoms with Gasteiger partial charge in [-0.1, -0.05) is 20.8 Å². The summed E-state index contributed by atoms with van der Waals surface area (Å²) in [5, 5.41) is 8.33. The Balaban J connectivity index is 2.42. The Hall–Kier alpha value is -2.08. The number of rotatable bonds is 6. The molecule has 1 rings (SSSR count). The number of aliphatic imine (C=N–C) groups is 1. The average Bonchev–Trinajstić information content (AvgIpc) is 2.46. The third-order valence-electron chi connectivity index (χ3n) is 4.38. The lowest BCUT2D eigenvalue weighted by Crippen LogP contribution is -2.51. The van der Waals surface area contributed by atoms with Gasteiger partial charge in [0.25, 0.3) is 0 Å². The molecule has 0 aromatic heterocycles. The molecule has 1 fully saturated rings. The van der Waals surface area contributed by atoms with Gasteiger partial charge in [-0.2, -0.15) is 0 Å². The van der Waals surface area contributed by atoms with E-state index in [1.165, 1.54) is 0 Å². The van der Waals surface area contributed by atoms with Crippen LogP contribution in [0, 0.1) is 10.8 Å². The van der Waals surface area contributed by atoms with Crippen LogP contribution in [0.5, 0.6) is 0 Å². The third-order valence-corrected chi connectivity index (χ3v) is 4.38. The molecule has 0 spiro atoms. The van der Waals surface area contributed by atoms with Crippen molar-refractivity contribution < 1.29 is 19.1 Å². The molecule has 1 aliphatic carbocycles. The first-order valence-corrected chi connectivity index (χ1v) is 9.39. The number of urea groups is 1. The number of nitrogens with zero attached hydrogens (tertiary/aromatic N) is 1. The van der Waals surface area contributed by atoms with Crippen LogP contribution in [-0.4, -0.2) is 49.5 Å². The molecule has 0 aromatic carbocycles. The SMILES string of the molecule is CC1(C)CC(NC(=O)NCCNC(=O)OC(C)(C)C)CC(C)(CN=C=O)C1. The van der Waals surface area contributed by atoms with Gasteiger partial charge in [0.05, 0.1) is 6.54 Å². The summed E-state index contributed by atoms with van der Waals surface area (Å²) in [6.45, 7) is 12.8. The Morgan fingerprint density at radius 2 is 1.78 bits per heavy atom. The Morgan fingerprint density at radius 1 is 1.15 bits per heavy atom. The molecule has 2 atom stereocenters. The number of carbonyl (C=O) groups is 2. The van der Waals surface area contributed by atoms with Gasteiger partial charge in [0.2, 0.25) is 6.08 Å². The van der Waals surface area contributed by atoms with E-state index in [4.69, 9.17) is 4.74 Å². The molecule has 27 heavy (non-hydrogen) atoms. The first kappa shape index (κ1) is 23.0. The van der Waals surface area contributed by atoms with Gasteiger partial charge in [0.15, 0.2) is 0 Å². The molecule has 1 saturated carbocycles. The Morgan fingerprint density at radius 3 is 2.37 bits per heavy atom. The molecule has 1 aliphatic rings. The van der Waals surface area contributed by atoms with Crippen LogP contribution in [0.3, 0.4) is 0 Å². The predicted molar refractivity (Wildman–Crippen MR) is 103 cm³/mol. The monoisotopic (exact) mass is 382 g/mol. The number of amides is 3. The van der Waals surface area contributed by atoms with E-state index in [-0.39, 0.29) is 29.4 Å². The Kier molecular flexibility index (Phi) is 7.84. The third kappa shape index (κ3) is 9.43. The van der Waals surface area contributed by atoms with E-state index in [0.717, 1.165) is 19.3 Å². The highest BCUT2D eigenvalue weighted by atomic mass is 16.6. The van der Waals surface area contributed by atoms with E-state index >= 15 is 0 Å². The molecule has 8 nitrogen and oxygen atoms in total. The van der Waals surface area contributed by atoms with Crippen molar-refractivity contribution in [2.75, 3.05) is 19.6 Å². The fourth-order valence-electron chi connectivity index (χ4n) is 3.97. The molecule has 2 unspecified atom stereocenters. The molecule has 0 radical (unpaired) electrons. The lowest BCUT2D eigenvalue weighted by atomic mass is 9.62. The highest BCUT2D eigenvalue weighted by Crippen LogP contribution is 2.46. The van der Waals surface area contributed by atoms with Crippen molar-refractivity contribution in [1.82, 2.24) is 16.0 Å². The lowest BCUT2D eigenvalue weighted by molar-refractivity contribution is 0.0527. The molecule has 0 aliphatic heterocycles. The number of alkyl carbamates (subject to hydrolysis) is 1. The summed E-state index contributed by atoms with van der Waals surface area (Å²) in [5.74, 6) is 0. The van der Waals surface area contributed by atoms with Crippen molar-refractivity contribution in [2.45, 2.75) is 72.4 Å². The van der Waals surface area contributed by atoms with Gasteiger partial charge < -0.3 is 20.7 Å². The fraction of sp³-hybridized carbons (Fsp3) is 0.842. The van der Waals surface area contributed by atoms with Crippen LogP contribution in [0.25, 0.3) is 0 Å². The van der Waals surface area contributed by atoms with E-state index in [2.05, 4.69) is 41.7 Å². The largest absolute Gasteiger partial charge is 0.444 e. The van der Waals surface area contributed by atoms with Gasteiger partial charge in [0.1, 0.15) is 5.60 Å². The number of nitrogens with one attached hydrogen (secondary N) is 3. The summed E-state index contributed by atoms with van der Waals surface area (Å²) in [7, 11) is 0. The smallest absolute Gasteiger partial charge is 0.407 e. The molecule has 0 heterocycles. The van der Waals surface area contributed by atoms with E-state index in [9.17, 15) is 14.4 Å². The minimum absolute atomic E-state index is 0.000540. The maximum Gasteiger partial charge on any atom is 0.407 e. The second kappa shape index (κ2) is 9.22. The minimum Gasteiger partial charge on any atom is -0.444 e. The quantitative estimate of drug-likeness (QED) is 0.373. The second-order valence-electron chi connectivity index (χ2n) is 9.49. The zero-order valence-electron chi connectivity index (χ0n) is 17.4. The summed E-state index contributed by atoms with van der Waals surface area (Å²) in [6.07, 6.45) is 3.65. The molecule has 154 valence electrons. The normalized spacial score (nSPS) is 24.3. The number of hydrogen-bond donors (Lipinski definition) is 3. The van der Waals surface area contributed by atoms with Crippen LogP contribution >= 0.6 is 0 Å². The summed E-state index contributed by atoms with van der Waals surface area (Å²) >= 11 is 0. The summed E-state index contributed by atoms with van der Waals surface area (Å²) in [6, 6.07) is -0.274. The molecule has 8 heteroatoms. The van der Waals surface area contributed by atoms with Crippen molar-refractivity contribution in [1.29, 1.82) is 0 Å². The van der Waals surface area contributed by atoms with Crippen LogP contribution < -0.4 is 16.0 Å². The van der Waals surface area contributed by atoms with E-state index in [0.29, 0.717) is 13.1 Å². The number of hydrogen-bond acceptors (Lipinski definition) is 5. The molecule has 0 aromatic rings. The van der Waals surface area contributed by atoms with E-state index in [1.54, 1.807) is 26.9 Å². The highest BCUT2D eigenvalue weighted by Gasteiger charge is 2.41. The highest BCUT2D eigenvalue weighted by molar-refractivity contribution is 5.74. The van der Waals surface area contributed by atoms with Gasteiger partial charge in [-0.25, -0.2) is 19.4 Å².